The van der Waals surface area contributed by atoms with Gasteiger partial charge in [-0.1, -0.05) is 26.8 Å². The van der Waals surface area contributed by atoms with Gasteiger partial charge in [0.25, 0.3) is 0 Å². The lowest BCUT2D eigenvalue weighted by Gasteiger charge is -2.18. The summed E-state index contributed by atoms with van der Waals surface area (Å²) in [5.74, 6) is -1.46. The number of carbonyl (C=O) groups is 1. The number of ether oxygens (including phenoxy) is 1. The molecule has 0 spiro atoms. The number of benzene rings is 1. The molecule has 0 aliphatic rings. The summed E-state index contributed by atoms with van der Waals surface area (Å²) in [6.07, 6.45) is 3.30. The molecule has 0 aliphatic heterocycles. The maximum absolute atomic E-state index is 13.2. The molecular weight excluding hydrogens is 259 g/mol. The summed E-state index contributed by atoms with van der Waals surface area (Å²) in [6, 6.07) is 4.27. The van der Waals surface area contributed by atoms with Gasteiger partial charge >= 0.3 is 5.97 Å². The van der Waals surface area contributed by atoms with Crippen molar-refractivity contribution < 1.29 is 19.0 Å². The zero-order chi connectivity index (χ0) is 15.2. The number of halogens is 1. The second kappa shape index (κ2) is 7.20. The van der Waals surface area contributed by atoms with E-state index in [1.165, 1.54) is 18.2 Å². The number of carboxylic acid groups (broad SMARTS) is 1. The third kappa shape index (κ3) is 6.48. The Morgan fingerprint density at radius 3 is 2.70 bits per heavy atom. The molecule has 3 nitrogen and oxygen atoms in total. The molecule has 0 heterocycles. The van der Waals surface area contributed by atoms with E-state index in [-0.39, 0.29) is 5.41 Å². The summed E-state index contributed by atoms with van der Waals surface area (Å²) in [6.45, 7) is 7.36. The van der Waals surface area contributed by atoms with Gasteiger partial charge in [0.15, 0.2) is 0 Å². The Bertz CT molecular complexity index is 487. The molecule has 1 rings (SSSR count). The topological polar surface area (TPSA) is 46.5 Å². The van der Waals surface area contributed by atoms with Crippen molar-refractivity contribution in [2.75, 3.05) is 6.61 Å². The van der Waals surface area contributed by atoms with Gasteiger partial charge in [-0.3, -0.25) is 0 Å². The van der Waals surface area contributed by atoms with E-state index in [4.69, 9.17) is 9.84 Å². The fourth-order valence-electron chi connectivity index (χ4n) is 1.57. The van der Waals surface area contributed by atoms with Gasteiger partial charge in [0.1, 0.15) is 5.82 Å². The van der Waals surface area contributed by atoms with Crippen molar-refractivity contribution in [1.29, 1.82) is 0 Å². The first kappa shape index (κ1) is 16.4. The molecule has 0 bridgehead atoms. The van der Waals surface area contributed by atoms with E-state index in [0.717, 1.165) is 18.1 Å². The standard InChI is InChI=1S/C16H21FO3/c1-16(2,3)8-9-20-11-13-4-6-14(17)10-12(13)5-7-15(18)19/h4-7,10H,8-9,11H2,1-3H3,(H,18,19). The van der Waals surface area contributed by atoms with Crippen LogP contribution in [0.4, 0.5) is 4.39 Å². The lowest BCUT2D eigenvalue weighted by atomic mass is 9.93. The highest BCUT2D eigenvalue weighted by atomic mass is 19.1. The molecular formula is C16H21FO3. The lowest BCUT2D eigenvalue weighted by molar-refractivity contribution is -0.131. The molecule has 1 aromatic rings. The molecule has 20 heavy (non-hydrogen) atoms. The van der Waals surface area contributed by atoms with Crippen molar-refractivity contribution in [1.82, 2.24) is 0 Å². The Morgan fingerprint density at radius 2 is 2.10 bits per heavy atom. The van der Waals surface area contributed by atoms with Crippen LogP contribution in [0.5, 0.6) is 0 Å². The maximum Gasteiger partial charge on any atom is 0.328 e. The second-order valence-corrected chi connectivity index (χ2v) is 5.88. The minimum absolute atomic E-state index is 0.203. The molecule has 1 N–H and O–H groups in total. The van der Waals surface area contributed by atoms with Crippen LogP contribution in [0.2, 0.25) is 0 Å². The van der Waals surface area contributed by atoms with Gasteiger partial charge in [0, 0.05) is 12.7 Å². The van der Waals surface area contributed by atoms with E-state index in [1.807, 2.05) is 0 Å². The van der Waals surface area contributed by atoms with Gasteiger partial charge in [-0.15, -0.1) is 0 Å². The summed E-state index contributed by atoms with van der Waals surface area (Å²) in [7, 11) is 0. The first-order chi connectivity index (χ1) is 9.28. The Kier molecular flexibility index (Phi) is 5.89. The predicted octanol–water partition coefficient (Wildman–Crippen LogP) is 3.88. The molecule has 0 fully saturated rings. The summed E-state index contributed by atoms with van der Waals surface area (Å²) >= 11 is 0. The van der Waals surface area contributed by atoms with Crippen molar-refractivity contribution in [3.05, 3.63) is 41.2 Å². The van der Waals surface area contributed by atoms with Crippen LogP contribution in [0, 0.1) is 11.2 Å². The maximum atomic E-state index is 13.2. The molecule has 110 valence electrons. The lowest BCUT2D eigenvalue weighted by Crippen LogP contribution is -2.09. The first-order valence-corrected chi connectivity index (χ1v) is 6.55. The van der Waals surface area contributed by atoms with E-state index in [9.17, 15) is 9.18 Å². The van der Waals surface area contributed by atoms with Gasteiger partial charge in [0.05, 0.1) is 6.61 Å². The summed E-state index contributed by atoms with van der Waals surface area (Å²) in [4.78, 5) is 10.5. The Balaban J connectivity index is 2.67. The van der Waals surface area contributed by atoms with Gasteiger partial charge in [0.2, 0.25) is 0 Å². The van der Waals surface area contributed by atoms with Crippen molar-refractivity contribution in [3.63, 3.8) is 0 Å². The number of rotatable bonds is 6. The minimum atomic E-state index is -1.06. The molecule has 4 heteroatoms. The zero-order valence-corrected chi connectivity index (χ0v) is 12.1. The van der Waals surface area contributed by atoms with E-state index in [2.05, 4.69) is 20.8 Å². The van der Waals surface area contributed by atoms with Gasteiger partial charge < -0.3 is 9.84 Å². The van der Waals surface area contributed by atoms with Crippen molar-refractivity contribution >= 4 is 12.0 Å². The molecule has 0 aliphatic carbocycles. The third-order valence-electron chi connectivity index (χ3n) is 2.77. The van der Waals surface area contributed by atoms with Crippen LogP contribution in [-0.4, -0.2) is 17.7 Å². The van der Waals surface area contributed by atoms with E-state index >= 15 is 0 Å². The van der Waals surface area contributed by atoms with E-state index in [0.29, 0.717) is 18.8 Å². The summed E-state index contributed by atoms with van der Waals surface area (Å²) in [5.41, 5.74) is 1.51. The Hall–Kier alpha value is -1.68. The highest BCUT2D eigenvalue weighted by Gasteiger charge is 2.10. The first-order valence-electron chi connectivity index (χ1n) is 6.55. The Labute approximate surface area is 119 Å². The van der Waals surface area contributed by atoms with Crippen LogP contribution in [0.1, 0.15) is 38.3 Å². The van der Waals surface area contributed by atoms with E-state index < -0.39 is 11.8 Å². The quantitative estimate of drug-likeness (QED) is 0.635. The van der Waals surface area contributed by atoms with Crippen LogP contribution in [0.25, 0.3) is 6.08 Å². The van der Waals surface area contributed by atoms with Crippen molar-refractivity contribution in [2.24, 2.45) is 5.41 Å². The average Bonchev–Trinajstić information content (AvgIpc) is 2.32. The molecule has 0 saturated heterocycles. The largest absolute Gasteiger partial charge is 0.478 e. The molecule has 0 atom stereocenters. The molecule has 0 radical (unpaired) electrons. The molecule has 0 unspecified atom stereocenters. The smallest absolute Gasteiger partial charge is 0.328 e. The highest BCUT2D eigenvalue weighted by Crippen LogP contribution is 2.19. The van der Waals surface area contributed by atoms with E-state index in [1.54, 1.807) is 6.07 Å². The molecule has 0 saturated carbocycles. The highest BCUT2D eigenvalue weighted by molar-refractivity contribution is 5.85. The molecule has 0 aromatic heterocycles. The van der Waals surface area contributed by atoms with Crippen molar-refractivity contribution in [3.8, 4) is 0 Å². The van der Waals surface area contributed by atoms with Gasteiger partial charge in [-0.05, 0) is 41.2 Å². The van der Waals surface area contributed by atoms with Gasteiger partial charge in [-0.2, -0.15) is 0 Å². The normalized spacial score (nSPS) is 12.0. The number of hydrogen-bond acceptors (Lipinski definition) is 2. The van der Waals surface area contributed by atoms with Crippen LogP contribution >= 0.6 is 0 Å². The SMILES string of the molecule is CC(C)(C)CCOCc1ccc(F)cc1C=CC(=O)O. The van der Waals surface area contributed by atoms with Crippen LogP contribution in [0.3, 0.4) is 0 Å². The fraction of sp³-hybridized carbons (Fsp3) is 0.438. The average molecular weight is 280 g/mol. The number of hydrogen-bond donors (Lipinski definition) is 1. The number of carboxylic acids is 1. The molecule has 0 amide bonds. The van der Waals surface area contributed by atoms with Crippen LogP contribution < -0.4 is 0 Å². The predicted molar refractivity (Wildman–Crippen MR) is 76.8 cm³/mol. The zero-order valence-electron chi connectivity index (χ0n) is 12.1. The van der Waals surface area contributed by atoms with Crippen LogP contribution in [-0.2, 0) is 16.1 Å². The van der Waals surface area contributed by atoms with Gasteiger partial charge in [-0.25, -0.2) is 9.18 Å². The monoisotopic (exact) mass is 280 g/mol. The Morgan fingerprint density at radius 1 is 1.40 bits per heavy atom. The number of aliphatic carboxylic acids is 1. The fourth-order valence-corrected chi connectivity index (χ4v) is 1.57. The summed E-state index contributed by atoms with van der Waals surface area (Å²) < 4.78 is 18.8. The third-order valence-corrected chi connectivity index (χ3v) is 2.77. The van der Waals surface area contributed by atoms with Crippen molar-refractivity contribution in [2.45, 2.75) is 33.8 Å². The minimum Gasteiger partial charge on any atom is -0.478 e. The second-order valence-electron chi connectivity index (χ2n) is 5.88. The van der Waals surface area contributed by atoms with Crippen LogP contribution in [0.15, 0.2) is 24.3 Å². The summed E-state index contributed by atoms with van der Waals surface area (Å²) in [5, 5.41) is 8.63. The molecule has 1 aromatic carbocycles.